The fraction of sp³-hybridized carbons (Fsp3) is 0.600. The van der Waals surface area contributed by atoms with Crippen LogP contribution in [0, 0.1) is 0 Å². The monoisotopic (exact) mass is 307 g/mol. The molecule has 1 aromatic rings. The van der Waals surface area contributed by atoms with Crippen molar-refractivity contribution in [2.45, 2.75) is 24.5 Å². The third-order valence-corrected chi connectivity index (χ3v) is 4.83. The lowest BCUT2D eigenvalue weighted by molar-refractivity contribution is -0.114. The first-order valence-electron chi connectivity index (χ1n) is 5.76. The molecule has 19 heavy (non-hydrogen) atoms. The lowest BCUT2D eigenvalue weighted by atomic mass is 10.5. The maximum absolute atomic E-state index is 11.9. The van der Waals surface area contributed by atoms with Gasteiger partial charge in [0.05, 0.1) is 6.20 Å². The van der Waals surface area contributed by atoms with E-state index < -0.39 is 10.0 Å². The van der Waals surface area contributed by atoms with Crippen LogP contribution in [0.4, 0.5) is 5.13 Å². The van der Waals surface area contributed by atoms with Gasteiger partial charge in [-0.05, 0) is 13.3 Å². The zero-order valence-corrected chi connectivity index (χ0v) is 12.4. The van der Waals surface area contributed by atoms with Crippen LogP contribution in [0.15, 0.2) is 10.4 Å². The lowest BCUT2D eigenvalue weighted by Gasteiger charge is -2.04. The van der Waals surface area contributed by atoms with Crippen LogP contribution in [0.2, 0.25) is 0 Å². The van der Waals surface area contributed by atoms with Crippen molar-refractivity contribution in [3.8, 4) is 0 Å². The van der Waals surface area contributed by atoms with Crippen LogP contribution in [-0.2, 0) is 19.6 Å². The first kappa shape index (κ1) is 16.0. The van der Waals surface area contributed by atoms with Gasteiger partial charge in [0.25, 0.3) is 10.0 Å². The third-order valence-electron chi connectivity index (χ3n) is 1.99. The second kappa shape index (κ2) is 7.53. The van der Waals surface area contributed by atoms with Gasteiger partial charge in [-0.15, -0.1) is 0 Å². The number of aromatic nitrogens is 1. The SMILES string of the molecule is CCOCCCNS(=O)(=O)c1cnc(NC(C)=O)s1. The van der Waals surface area contributed by atoms with Crippen LogP contribution in [0.5, 0.6) is 0 Å². The fourth-order valence-corrected chi connectivity index (χ4v) is 3.38. The predicted octanol–water partition coefficient (Wildman–Crippen LogP) is 0.806. The molecule has 2 N–H and O–H groups in total. The summed E-state index contributed by atoms with van der Waals surface area (Å²) in [5.74, 6) is -0.289. The molecule has 0 aliphatic carbocycles. The summed E-state index contributed by atoms with van der Waals surface area (Å²) in [7, 11) is -3.56. The number of hydrogen-bond donors (Lipinski definition) is 2. The van der Waals surface area contributed by atoms with E-state index in [0.29, 0.717) is 26.2 Å². The number of rotatable bonds is 8. The van der Waals surface area contributed by atoms with Crippen LogP contribution in [0.25, 0.3) is 0 Å². The third kappa shape index (κ3) is 5.64. The number of amides is 1. The van der Waals surface area contributed by atoms with Gasteiger partial charge in [-0.1, -0.05) is 11.3 Å². The number of sulfonamides is 1. The summed E-state index contributed by atoms with van der Waals surface area (Å²) in [5, 5.41) is 2.70. The minimum absolute atomic E-state index is 0.0765. The number of nitrogens with zero attached hydrogens (tertiary/aromatic N) is 1. The second-order valence-corrected chi connectivity index (χ2v) is 6.64. The van der Waals surface area contributed by atoms with Crippen LogP contribution < -0.4 is 10.0 Å². The van der Waals surface area contributed by atoms with Crippen molar-refractivity contribution in [3.63, 3.8) is 0 Å². The van der Waals surface area contributed by atoms with Crippen molar-refractivity contribution in [1.29, 1.82) is 0 Å². The molecule has 7 nitrogen and oxygen atoms in total. The van der Waals surface area contributed by atoms with Crippen LogP contribution in [0.3, 0.4) is 0 Å². The Hall–Kier alpha value is -1.03. The molecule has 0 bridgehead atoms. The van der Waals surface area contributed by atoms with Gasteiger partial charge in [0.15, 0.2) is 9.34 Å². The molecule has 0 atom stereocenters. The highest BCUT2D eigenvalue weighted by molar-refractivity contribution is 7.91. The predicted molar refractivity (Wildman–Crippen MR) is 72.7 cm³/mol. The number of hydrogen-bond acceptors (Lipinski definition) is 6. The maximum Gasteiger partial charge on any atom is 0.251 e. The van der Waals surface area contributed by atoms with Gasteiger partial charge in [-0.3, -0.25) is 4.79 Å². The molecule has 1 rings (SSSR count). The molecule has 1 aromatic heterocycles. The molecule has 0 radical (unpaired) electrons. The van der Waals surface area contributed by atoms with E-state index in [9.17, 15) is 13.2 Å². The van der Waals surface area contributed by atoms with Gasteiger partial charge in [0.2, 0.25) is 5.91 Å². The Labute approximate surface area is 116 Å². The maximum atomic E-state index is 11.9. The number of thiazole rings is 1. The van der Waals surface area contributed by atoms with Crippen molar-refractivity contribution in [3.05, 3.63) is 6.20 Å². The fourth-order valence-electron chi connectivity index (χ4n) is 1.19. The quantitative estimate of drug-likeness (QED) is 0.693. The topological polar surface area (TPSA) is 97.4 Å². The largest absolute Gasteiger partial charge is 0.382 e. The molecule has 0 aliphatic heterocycles. The van der Waals surface area contributed by atoms with Gasteiger partial charge in [-0.25, -0.2) is 18.1 Å². The zero-order chi connectivity index (χ0) is 14.3. The van der Waals surface area contributed by atoms with Crippen molar-refractivity contribution in [1.82, 2.24) is 9.71 Å². The summed E-state index contributed by atoms with van der Waals surface area (Å²) >= 11 is 0.912. The highest BCUT2D eigenvalue weighted by Gasteiger charge is 2.17. The van der Waals surface area contributed by atoms with E-state index in [-0.39, 0.29) is 15.2 Å². The van der Waals surface area contributed by atoms with Gasteiger partial charge in [0.1, 0.15) is 0 Å². The first-order chi connectivity index (χ1) is 8.95. The van der Waals surface area contributed by atoms with E-state index in [0.717, 1.165) is 11.3 Å². The number of carbonyl (C=O) groups excluding carboxylic acids is 1. The van der Waals surface area contributed by atoms with Crippen molar-refractivity contribution >= 4 is 32.4 Å². The highest BCUT2D eigenvalue weighted by atomic mass is 32.2. The number of anilines is 1. The molecule has 0 aliphatic rings. The molecule has 9 heteroatoms. The molecule has 1 heterocycles. The van der Waals surface area contributed by atoms with Gasteiger partial charge < -0.3 is 10.1 Å². The molecule has 0 fully saturated rings. The van der Waals surface area contributed by atoms with E-state index in [1.54, 1.807) is 0 Å². The Morgan fingerprint density at radius 1 is 1.53 bits per heavy atom. The standard InChI is InChI=1S/C10H17N3O4S2/c1-3-17-6-4-5-12-19(15,16)9-7-11-10(18-9)13-8(2)14/h7,12H,3-6H2,1-2H3,(H,11,13,14). The van der Waals surface area contributed by atoms with Crippen LogP contribution in [0.1, 0.15) is 20.3 Å². The highest BCUT2D eigenvalue weighted by Crippen LogP contribution is 2.22. The molecular formula is C10H17N3O4S2. The Kier molecular flexibility index (Phi) is 6.35. The van der Waals surface area contributed by atoms with Crippen LogP contribution >= 0.6 is 11.3 Å². The molecule has 0 spiro atoms. The van der Waals surface area contributed by atoms with Crippen molar-refractivity contribution in [2.75, 3.05) is 25.1 Å². The average Bonchev–Trinajstić information content (AvgIpc) is 2.77. The Morgan fingerprint density at radius 2 is 2.26 bits per heavy atom. The van der Waals surface area contributed by atoms with Gasteiger partial charge >= 0.3 is 0 Å². The first-order valence-corrected chi connectivity index (χ1v) is 8.06. The summed E-state index contributed by atoms with van der Waals surface area (Å²) in [6.07, 6.45) is 1.82. The molecule has 0 saturated heterocycles. The minimum atomic E-state index is -3.56. The normalized spacial score (nSPS) is 11.5. The lowest BCUT2D eigenvalue weighted by Crippen LogP contribution is -2.24. The summed E-state index contributed by atoms with van der Waals surface area (Å²) in [6, 6.07) is 0. The van der Waals surface area contributed by atoms with Gasteiger partial charge in [-0.2, -0.15) is 0 Å². The summed E-state index contributed by atoms with van der Waals surface area (Å²) in [6.45, 7) is 4.64. The average molecular weight is 307 g/mol. The molecule has 1 amide bonds. The smallest absolute Gasteiger partial charge is 0.251 e. The zero-order valence-electron chi connectivity index (χ0n) is 10.8. The van der Waals surface area contributed by atoms with E-state index >= 15 is 0 Å². The Morgan fingerprint density at radius 3 is 2.89 bits per heavy atom. The van der Waals surface area contributed by atoms with Gasteiger partial charge in [0, 0.05) is 26.7 Å². The van der Waals surface area contributed by atoms with E-state index in [1.807, 2.05) is 6.92 Å². The number of carbonyl (C=O) groups is 1. The molecule has 108 valence electrons. The number of ether oxygens (including phenoxy) is 1. The molecular weight excluding hydrogens is 290 g/mol. The number of nitrogens with one attached hydrogen (secondary N) is 2. The Bertz CT molecular complexity index is 513. The summed E-state index contributed by atoms with van der Waals surface area (Å²) in [4.78, 5) is 14.6. The van der Waals surface area contributed by atoms with Crippen molar-refractivity contribution in [2.24, 2.45) is 0 Å². The minimum Gasteiger partial charge on any atom is -0.382 e. The van der Waals surface area contributed by atoms with E-state index in [4.69, 9.17) is 4.74 Å². The summed E-state index contributed by atoms with van der Waals surface area (Å²) in [5.41, 5.74) is 0. The molecule has 0 saturated carbocycles. The summed E-state index contributed by atoms with van der Waals surface area (Å²) < 4.78 is 31.4. The second-order valence-electron chi connectivity index (χ2n) is 3.61. The molecule has 0 unspecified atom stereocenters. The molecule has 0 aromatic carbocycles. The van der Waals surface area contributed by atoms with Crippen molar-refractivity contribution < 1.29 is 17.9 Å². The van der Waals surface area contributed by atoms with Crippen LogP contribution in [-0.4, -0.2) is 39.1 Å². The Balaban J connectivity index is 2.52. The van der Waals surface area contributed by atoms with E-state index in [2.05, 4.69) is 15.0 Å². The van der Waals surface area contributed by atoms with E-state index in [1.165, 1.54) is 13.1 Å².